The van der Waals surface area contributed by atoms with E-state index in [4.69, 9.17) is 5.11 Å². The Hall–Kier alpha value is -1.42. The molecule has 0 radical (unpaired) electrons. The van der Waals surface area contributed by atoms with Crippen molar-refractivity contribution in [2.45, 2.75) is 38.6 Å². The molecule has 0 spiro atoms. The lowest BCUT2D eigenvalue weighted by molar-refractivity contribution is -0.137. The van der Waals surface area contributed by atoms with E-state index in [9.17, 15) is 9.18 Å². The monoisotopic (exact) mass is 279 g/mol. The van der Waals surface area contributed by atoms with E-state index in [1.165, 1.54) is 6.07 Å². The first-order valence-corrected chi connectivity index (χ1v) is 7.31. The van der Waals surface area contributed by atoms with Gasteiger partial charge in [0.2, 0.25) is 0 Å². The second-order valence-electron chi connectivity index (χ2n) is 5.56. The van der Waals surface area contributed by atoms with Gasteiger partial charge in [0.15, 0.2) is 0 Å². The Morgan fingerprint density at radius 3 is 3.00 bits per heavy atom. The first kappa shape index (κ1) is 15.0. The number of carbonyl (C=O) groups is 1. The van der Waals surface area contributed by atoms with Gasteiger partial charge in [-0.3, -0.25) is 9.69 Å². The van der Waals surface area contributed by atoms with Crippen molar-refractivity contribution in [2.24, 2.45) is 5.92 Å². The highest BCUT2D eigenvalue weighted by Gasteiger charge is 2.28. The van der Waals surface area contributed by atoms with Crippen LogP contribution in [-0.4, -0.2) is 29.1 Å². The summed E-state index contributed by atoms with van der Waals surface area (Å²) >= 11 is 0. The van der Waals surface area contributed by atoms with Crippen LogP contribution in [0.3, 0.4) is 0 Å². The van der Waals surface area contributed by atoms with E-state index in [1.807, 2.05) is 6.07 Å². The molecule has 0 bridgehead atoms. The third-order valence-electron chi connectivity index (χ3n) is 4.14. The van der Waals surface area contributed by atoms with Crippen molar-refractivity contribution in [3.63, 3.8) is 0 Å². The average Bonchev–Trinajstić information content (AvgIpc) is 2.86. The third-order valence-corrected chi connectivity index (χ3v) is 4.14. The average molecular weight is 279 g/mol. The summed E-state index contributed by atoms with van der Waals surface area (Å²) in [5, 5.41) is 8.75. The second kappa shape index (κ2) is 6.84. The topological polar surface area (TPSA) is 40.5 Å². The van der Waals surface area contributed by atoms with Gasteiger partial charge in [-0.1, -0.05) is 19.1 Å². The number of rotatable bonds is 6. The minimum Gasteiger partial charge on any atom is -0.481 e. The van der Waals surface area contributed by atoms with E-state index in [2.05, 4.69) is 11.8 Å². The number of carboxylic acid groups (broad SMARTS) is 1. The Labute approximate surface area is 119 Å². The number of nitrogens with zero attached hydrogens (tertiary/aromatic N) is 1. The third kappa shape index (κ3) is 3.79. The van der Waals surface area contributed by atoms with Crippen LogP contribution in [-0.2, 0) is 4.79 Å². The highest BCUT2D eigenvalue weighted by molar-refractivity contribution is 5.66. The van der Waals surface area contributed by atoms with Crippen molar-refractivity contribution < 1.29 is 14.3 Å². The van der Waals surface area contributed by atoms with Gasteiger partial charge in [-0.25, -0.2) is 4.39 Å². The van der Waals surface area contributed by atoms with Crippen LogP contribution < -0.4 is 0 Å². The lowest BCUT2D eigenvalue weighted by Gasteiger charge is -2.27. The fourth-order valence-electron chi connectivity index (χ4n) is 3.13. The molecule has 1 aliphatic heterocycles. The molecule has 1 heterocycles. The van der Waals surface area contributed by atoms with Crippen LogP contribution >= 0.6 is 0 Å². The van der Waals surface area contributed by atoms with Gasteiger partial charge in [0.05, 0.1) is 0 Å². The van der Waals surface area contributed by atoms with Crippen LogP contribution in [0.2, 0.25) is 0 Å². The number of hydrogen-bond acceptors (Lipinski definition) is 2. The molecule has 4 heteroatoms. The van der Waals surface area contributed by atoms with Crippen LogP contribution in [0.1, 0.15) is 44.2 Å². The van der Waals surface area contributed by atoms with Crippen molar-refractivity contribution in [1.29, 1.82) is 0 Å². The molecule has 1 fully saturated rings. The van der Waals surface area contributed by atoms with Gasteiger partial charge in [-0.15, -0.1) is 0 Å². The minimum absolute atomic E-state index is 0.192. The van der Waals surface area contributed by atoms with Crippen LogP contribution in [0.25, 0.3) is 0 Å². The van der Waals surface area contributed by atoms with Gasteiger partial charge in [0.25, 0.3) is 0 Å². The zero-order valence-electron chi connectivity index (χ0n) is 11.9. The Kier molecular flexibility index (Phi) is 5.12. The molecule has 1 saturated heterocycles. The van der Waals surface area contributed by atoms with Crippen molar-refractivity contribution in [2.75, 3.05) is 13.1 Å². The van der Waals surface area contributed by atoms with Crippen LogP contribution in [0.4, 0.5) is 4.39 Å². The summed E-state index contributed by atoms with van der Waals surface area (Å²) in [5.74, 6) is -0.461. The summed E-state index contributed by atoms with van der Waals surface area (Å²) < 4.78 is 13.4. The lowest BCUT2D eigenvalue weighted by Crippen LogP contribution is -2.26. The van der Waals surface area contributed by atoms with Gasteiger partial charge < -0.3 is 5.11 Å². The Bertz CT molecular complexity index is 464. The number of aliphatic carboxylic acids is 1. The summed E-state index contributed by atoms with van der Waals surface area (Å²) in [7, 11) is 0. The van der Waals surface area contributed by atoms with E-state index in [0.29, 0.717) is 5.92 Å². The van der Waals surface area contributed by atoms with Crippen LogP contribution in [0.5, 0.6) is 0 Å². The first-order valence-electron chi connectivity index (χ1n) is 7.31. The van der Waals surface area contributed by atoms with Crippen LogP contribution in [0.15, 0.2) is 24.3 Å². The molecule has 0 saturated carbocycles. The van der Waals surface area contributed by atoms with Gasteiger partial charge in [-0.05, 0) is 49.4 Å². The molecule has 0 aromatic heterocycles. The molecule has 1 aliphatic rings. The molecule has 2 atom stereocenters. The van der Waals surface area contributed by atoms with Crippen LogP contribution in [0, 0.1) is 11.7 Å². The molecular formula is C16H22FNO2. The predicted octanol–water partition coefficient (Wildman–Crippen LogP) is 3.46. The zero-order valence-corrected chi connectivity index (χ0v) is 11.9. The fourth-order valence-corrected chi connectivity index (χ4v) is 3.13. The summed E-state index contributed by atoms with van der Waals surface area (Å²) in [4.78, 5) is 13.0. The van der Waals surface area contributed by atoms with E-state index in [1.54, 1.807) is 12.1 Å². The summed E-state index contributed by atoms with van der Waals surface area (Å²) in [6.45, 7) is 4.00. The molecule has 2 unspecified atom stereocenters. The Morgan fingerprint density at radius 2 is 2.35 bits per heavy atom. The summed E-state index contributed by atoms with van der Waals surface area (Å²) in [5.41, 5.74) is 1.02. The van der Waals surface area contributed by atoms with Crippen molar-refractivity contribution in [1.82, 2.24) is 4.90 Å². The van der Waals surface area contributed by atoms with E-state index in [0.717, 1.165) is 37.9 Å². The maximum atomic E-state index is 13.4. The van der Waals surface area contributed by atoms with Gasteiger partial charge >= 0.3 is 5.97 Å². The minimum atomic E-state index is -0.722. The predicted molar refractivity (Wildman–Crippen MR) is 76.0 cm³/mol. The molecule has 1 aromatic carbocycles. The lowest BCUT2D eigenvalue weighted by atomic mass is 10.0. The molecule has 0 aliphatic carbocycles. The Morgan fingerprint density at radius 1 is 1.55 bits per heavy atom. The summed E-state index contributed by atoms with van der Waals surface area (Å²) in [6.07, 6.45) is 2.97. The Balaban J connectivity index is 1.98. The number of halogens is 1. The molecular weight excluding hydrogens is 257 g/mol. The number of carboxylic acids is 1. The van der Waals surface area contributed by atoms with E-state index in [-0.39, 0.29) is 18.3 Å². The normalized spacial score (nSPS) is 21.0. The van der Waals surface area contributed by atoms with Crippen molar-refractivity contribution in [3.8, 4) is 0 Å². The number of hydrogen-bond donors (Lipinski definition) is 1. The molecule has 1 aromatic rings. The molecule has 1 N–H and O–H groups in total. The molecule has 20 heavy (non-hydrogen) atoms. The smallest absolute Gasteiger partial charge is 0.303 e. The number of likely N-dealkylation sites (tertiary alicyclic amines) is 1. The zero-order chi connectivity index (χ0) is 14.5. The van der Waals surface area contributed by atoms with Crippen molar-refractivity contribution >= 4 is 5.97 Å². The van der Waals surface area contributed by atoms with Gasteiger partial charge in [0, 0.05) is 19.0 Å². The second-order valence-corrected chi connectivity index (χ2v) is 5.56. The van der Waals surface area contributed by atoms with Crippen molar-refractivity contribution in [3.05, 3.63) is 35.6 Å². The standard InChI is InChI=1S/C16H22FNO2/c1-2-15(13-4-3-5-14(17)10-13)18-9-8-12(11-18)6-7-16(19)20/h3-5,10,12,15H,2,6-9,11H2,1H3,(H,19,20). The summed E-state index contributed by atoms with van der Waals surface area (Å²) in [6, 6.07) is 7.04. The maximum absolute atomic E-state index is 13.4. The molecule has 3 nitrogen and oxygen atoms in total. The largest absolute Gasteiger partial charge is 0.481 e. The van der Waals surface area contributed by atoms with E-state index < -0.39 is 5.97 Å². The quantitative estimate of drug-likeness (QED) is 0.867. The fraction of sp³-hybridized carbons (Fsp3) is 0.562. The molecule has 0 amide bonds. The van der Waals surface area contributed by atoms with Gasteiger partial charge in [0.1, 0.15) is 5.82 Å². The molecule has 2 rings (SSSR count). The highest BCUT2D eigenvalue weighted by atomic mass is 19.1. The maximum Gasteiger partial charge on any atom is 0.303 e. The highest BCUT2D eigenvalue weighted by Crippen LogP contribution is 2.31. The van der Waals surface area contributed by atoms with E-state index >= 15 is 0 Å². The molecule has 110 valence electrons. The van der Waals surface area contributed by atoms with Gasteiger partial charge in [-0.2, -0.15) is 0 Å². The number of benzene rings is 1. The SMILES string of the molecule is CCC(c1cccc(F)c1)N1CCC(CCC(=O)O)C1. The first-order chi connectivity index (χ1) is 9.60.